The number of methoxy groups -OCH3 is 1. The van der Waals surface area contributed by atoms with E-state index in [-0.39, 0.29) is 10.7 Å². The summed E-state index contributed by atoms with van der Waals surface area (Å²) in [7, 11) is 1.52. The third-order valence-corrected chi connectivity index (χ3v) is 4.50. The highest BCUT2D eigenvalue weighted by molar-refractivity contribution is 7.19. The third kappa shape index (κ3) is 3.85. The molecule has 26 heavy (non-hydrogen) atoms. The number of carbonyl (C=O) groups is 1. The van der Waals surface area contributed by atoms with Gasteiger partial charge in [0.1, 0.15) is 21.5 Å². The van der Waals surface area contributed by atoms with Crippen LogP contribution in [0.2, 0.25) is 0 Å². The van der Waals surface area contributed by atoms with E-state index in [1.807, 2.05) is 5.32 Å². The maximum absolute atomic E-state index is 12.7. The van der Waals surface area contributed by atoms with Crippen LogP contribution in [0.3, 0.4) is 0 Å². The molecule has 0 aliphatic rings. The minimum absolute atomic E-state index is 0.0383. The molecule has 134 valence electrons. The van der Waals surface area contributed by atoms with Crippen LogP contribution in [0.1, 0.15) is 0 Å². The predicted octanol–water partition coefficient (Wildman–Crippen LogP) is 4.99. The van der Waals surface area contributed by atoms with E-state index in [4.69, 9.17) is 4.74 Å². The van der Waals surface area contributed by atoms with Gasteiger partial charge < -0.3 is 10.1 Å². The zero-order valence-corrected chi connectivity index (χ0v) is 14.3. The molecule has 8 heteroatoms. The number of hydrogen-bond donors (Lipinski definition) is 1. The number of anilines is 1. The van der Waals surface area contributed by atoms with Gasteiger partial charge in [-0.1, -0.05) is 53.8 Å². The van der Waals surface area contributed by atoms with Gasteiger partial charge in [0.15, 0.2) is 0 Å². The first kappa shape index (κ1) is 17.9. The van der Waals surface area contributed by atoms with E-state index < -0.39 is 12.1 Å². The molecule has 0 saturated heterocycles. The van der Waals surface area contributed by atoms with Crippen molar-refractivity contribution in [2.24, 2.45) is 0 Å². The first-order valence-electron chi connectivity index (χ1n) is 7.47. The summed E-state index contributed by atoms with van der Waals surface area (Å²) in [5.74, 6) is -1.43. The molecule has 1 aromatic heterocycles. The highest BCUT2D eigenvalue weighted by Gasteiger charge is 2.39. The highest BCUT2D eigenvalue weighted by atomic mass is 32.1. The minimum Gasteiger partial charge on any atom is -0.497 e. The highest BCUT2D eigenvalue weighted by Crippen LogP contribution is 2.39. The summed E-state index contributed by atoms with van der Waals surface area (Å²) in [5.41, 5.74) is 1.57. The Morgan fingerprint density at radius 3 is 2.42 bits per heavy atom. The molecule has 4 nitrogen and oxygen atoms in total. The van der Waals surface area contributed by atoms with Crippen LogP contribution in [0.4, 0.5) is 18.2 Å². The Balaban J connectivity index is 2.06. The maximum atomic E-state index is 12.7. The average molecular weight is 378 g/mol. The van der Waals surface area contributed by atoms with Crippen molar-refractivity contribution in [2.75, 3.05) is 12.4 Å². The van der Waals surface area contributed by atoms with Crippen molar-refractivity contribution in [3.05, 3.63) is 54.6 Å². The second-order valence-electron chi connectivity index (χ2n) is 5.25. The number of hydrogen-bond acceptors (Lipinski definition) is 4. The van der Waals surface area contributed by atoms with Gasteiger partial charge in [0, 0.05) is 11.1 Å². The van der Waals surface area contributed by atoms with E-state index in [0.717, 1.165) is 11.3 Å². The minimum atomic E-state index is -4.98. The molecule has 0 atom stereocenters. The molecular weight excluding hydrogens is 365 g/mol. The van der Waals surface area contributed by atoms with Crippen molar-refractivity contribution < 1.29 is 22.7 Å². The predicted molar refractivity (Wildman–Crippen MR) is 94.2 cm³/mol. The first-order chi connectivity index (χ1) is 12.4. The van der Waals surface area contributed by atoms with E-state index in [2.05, 4.69) is 4.98 Å². The van der Waals surface area contributed by atoms with Gasteiger partial charge in [-0.25, -0.2) is 4.98 Å². The van der Waals surface area contributed by atoms with Crippen molar-refractivity contribution in [3.63, 3.8) is 0 Å². The Morgan fingerprint density at radius 2 is 1.77 bits per heavy atom. The SMILES string of the molecule is COc1cccc(-c2nc(-c3ccccc3)c(NC(=O)C(F)(F)F)s2)c1. The Kier molecular flexibility index (Phi) is 4.94. The lowest BCUT2D eigenvalue weighted by atomic mass is 10.1. The summed E-state index contributed by atoms with van der Waals surface area (Å²) in [4.78, 5) is 15.8. The lowest BCUT2D eigenvalue weighted by Gasteiger charge is -2.07. The molecule has 1 heterocycles. The summed E-state index contributed by atoms with van der Waals surface area (Å²) in [6.45, 7) is 0. The third-order valence-electron chi connectivity index (χ3n) is 3.48. The first-order valence-corrected chi connectivity index (χ1v) is 8.29. The zero-order valence-electron chi connectivity index (χ0n) is 13.5. The van der Waals surface area contributed by atoms with Crippen molar-refractivity contribution >= 4 is 22.2 Å². The van der Waals surface area contributed by atoms with E-state index in [0.29, 0.717) is 21.9 Å². The summed E-state index contributed by atoms with van der Waals surface area (Å²) in [6.07, 6.45) is -4.98. The number of nitrogens with zero attached hydrogens (tertiary/aromatic N) is 1. The number of aromatic nitrogens is 1. The fraction of sp³-hybridized carbons (Fsp3) is 0.111. The average Bonchev–Trinajstić information content (AvgIpc) is 3.05. The summed E-state index contributed by atoms with van der Waals surface area (Å²) >= 11 is 0.972. The molecule has 0 spiro atoms. The molecule has 0 radical (unpaired) electrons. The van der Waals surface area contributed by atoms with Gasteiger partial charge in [-0.2, -0.15) is 13.2 Å². The van der Waals surface area contributed by atoms with E-state index in [1.165, 1.54) is 7.11 Å². The summed E-state index contributed by atoms with van der Waals surface area (Å²) in [6, 6.07) is 15.7. The number of carbonyl (C=O) groups excluding carboxylic acids is 1. The number of ether oxygens (including phenoxy) is 1. The smallest absolute Gasteiger partial charge is 0.471 e. The second kappa shape index (κ2) is 7.17. The molecular formula is C18H13F3N2O2S. The molecule has 3 rings (SSSR count). The molecule has 0 unspecified atom stereocenters. The molecule has 1 N–H and O–H groups in total. The van der Waals surface area contributed by atoms with Crippen molar-refractivity contribution in [1.82, 2.24) is 4.98 Å². The van der Waals surface area contributed by atoms with Crippen LogP contribution in [0.15, 0.2) is 54.6 Å². The maximum Gasteiger partial charge on any atom is 0.471 e. The number of benzene rings is 2. The van der Waals surface area contributed by atoms with Crippen LogP contribution in [-0.4, -0.2) is 24.2 Å². The molecule has 0 bridgehead atoms. The van der Waals surface area contributed by atoms with Gasteiger partial charge in [0.25, 0.3) is 0 Å². The Bertz CT molecular complexity index is 924. The Hall–Kier alpha value is -2.87. The van der Waals surface area contributed by atoms with Gasteiger partial charge in [-0.15, -0.1) is 0 Å². The quantitative estimate of drug-likeness (QED) is 0.696. The molecule has 0 aliphatic carbocycles. The van der Waals surface area contributed by atoms with Gasteiger partial charge in [-0.3, -0.25) is 4.79 Å². The molecule has 0 aliphatic heterocycles. The monoisotopic (exact) mass is 378 g/mol. The summed E-state index contributed by atoms with van der Waals surface area (Å²) < 4.78 is 43.1. The molecule has 0 fully saturated rings. The molecule has 3 aromatic rings. The molecule has 2 aromatic carbocycles. The number of amides is 1. The van der Waals surface area contributed by atoms with E-state index >= 15 is 0 Å². The lowest BCUT2D eigenvalue weighted by Crippen LogP contribution is -2.29. The topological polar surface area (TPSA) is 51.2 Å². The zero-order chi connectivity index (χ0) is 18.7. The van der Waals surface area contributed by atoms with Gasteiger partial charge in [-0.05, 0) is 12.1 Å². The number of rotatable bonds is 4. The summed E-state index contributed by atoms with van der Waals surface area (Å²) in [5, 5.41) is 2.44. The van der Waals surface area contributed by atoms with Crippen LogP contribution in [0.25, 0.3) is 21.8 Å². The van der Waals surface area contributed by atoms with Gasteiger partial charge >= 0.3 is 12.1 Å². The van der Waals surface area contributed by atoms with E-state index in [9.17, 15) is 18.0 Å². The fourth-order valence-corrected chi connectivity index (χ4v) is 3.23. The number of thiazole rings is 1. The van der Waals surface area contributed by atoms with Crippen LogP contribution in [0.5, 0.6) is 5.75 Å². The number of alkyl halides is 3. The van der Waals surface area contributed by atoms with Crippen LogP contribution in [-0.2, 0) is 4.79 Å². The normalized spacial score (nSPS) is 11.2. The van der Waals surface area contributed by atoms with Crippen molar-refractivity contribution in [2.45, 2.75) is 6.18 Å². The number of nitrogens with one attached hydrogen (secondary N) is 1. The molecule has 0 saturated carbocycles. The van der Waals surface area contributed by atoms with E-state index in [1.54, 1.807) is 54.6 Å². The number of halogens is 3. The Morgan fingerprint density at radius 1 is 1.08 bits per heavy atom. The van der Waals surface area contributed by atoms with Gasteiger partial charge in [0.05, 0.1) is 7.11 Å². The second-order valence-corrected chi connectivity index (χ2v) is 6.25. The largest absolute Gasteiger partial charge is 0.497 e. The lowest BCUT2D eigenvalue weighted by molar-refractivity contribution is -0.167. The van der Waals surface area contributed by atoms with Crippen LogP contribution in [0, 0.1) is 0 Å². The Labute approximate surface area is 151 Å². The fourth-order valence-electron chi connectivity index (χ4n) is 2.25. The van der Waals surface area contributed by atoms with Crippen LogP contribution < -0.4 is 10.1 Å². The van der Waals surface area contributed by atoms with Gasteiger partial charge in [0.2, 0.25) is 0 Å². The van der Waals surface area contributed by atoms with Crippen molar-refractivity contribution in [3.8, 4) is 27.6 Å². The molecule has 1 amide bonds. The standard InChI is InChI=1S/C18H13F3N2O2S/c1-25-13-9-5-8-12(10-13)15-22-14(11-6-3-2-4-7-11)16(26-15)23-17(24)18(19,20)21/h2-10H,1H3,(H,23,24). The van der Waals surface area contributed by atoms with Crippen LogP contribution >= 0.6 is 11.3 Å². The van der Waals surface area contributed by atoms with Crippen molar-refractivity contribution in [1.29, 1.82) is 0 Å².